The van der Waals surface area contributed by atoms with Crippen molar-refractivity contribution >= 4 is 0 Å². The standard InChI is InChI=1S/C14H27NO2/c1-4-6-7-8-10-17-12-14(16)11-15-13(3)9-5-2/h2,13-16H,4,6-12H2,1,3H3. The Morgan fingerprint density at radius 2 is 2.12 bits per heavy atom. The number of rotatable bonds is 11. The lowest BCUT2D eigenvalue weighted by Crippen LogP contribution is -2.35. The van der Waals surface area contributed by atoms with E-state index in [0.717, 1.165) is 13.0 Å². The Hall–Kier alpha value is -0.560. The maximum Gasteiger partial charge on any atom is 0.0897 e. The van der Waals surface area contributed by atoms with Gasteiger partial charge in [-0.05, 0) is 13.3 Å². The largest absolute Gasteiger partial charge is 0.389 e. The Balaban J connectivity index is 3.29. The first-order chi connectivity index (χ1) is 8.20. The second-order valence-electron chi connectivity index (χ2n) is 4.51. The number of terminal acetylenes is 1. The fourth-order valence-corrected chi connectivity index (χ4v) is 1.50. The highest BCUT2D eigenvalue weighted by molar-refractivity contribution is 4.88. The van der Waals surface area contributed by atoms with Crippen molar-refractivity contribution in [1.29, 1.82) is 0 Å². The molecular formula is C14H27NO2. The summed E-state index contributed by atoms with van der Waals surface area (Å²) in [7, 11) is 0. The van der Waals surface area contributed by atoms with Crippen LogP contribution in [-0.2, 0) is 4.74 Å². The normalized spacial score (nSPS) is 14.2. The van der Waals surface area contributed by atoms with Crippen LogP contribution in [0, 0.1) is 12.3 Å². The van der Waals surface area contributed by atoms with Crippen LogP contribution in [0.3, 0.4) is 0 Å². The van der Waals surface area contributed by atoms with Crippen LogP contribution in [0.25, 0.3) is 0 Å². The third kappa shape index (κ3) is 11.7. The first-order valence-electron chi connectivity index (χ1n) is 6.63. The van der Waals surface area contributed by atoms with E-state index in [9.17, 15) is 5.11 Å². The molecule has 0 saturated heterocycles. The van der Waals surface area contributed by atoms with E-state index in [1.165, 1.54) is 19.3 Å². The van der Waals surface area contributed by atoms with Gasteiger partial charge in [-0.25, -0.2) is 0 Å². The molecule has 0 bridgehead atoms. The van der Waals surface area contributed by atoms with Crippen molar-refractivity contribution in [3.8, 4) is 12.3 Å². The Morgan fingerprint density at radius 3 is 2.76 bits per heavy atom. The molecule has 3 nitrogen and oxygen atoms in total. The Kier molecular flexibility index (Phi) is 11.5. The molecule has 2 N–H and O–H groups in total. The lowest BCUT2D eigenvalue weighted by atomic mass is 10.2. The highest BCUT2D eigenvalue weighted by Gasteiger charge is 2.06. The summed E-state index contributed by atoms with van der Waals surface area (Å²) in [5, 5.41) is 12.8. The SMILES string of the molecule is C#CCC(C)NCC(O)COCCCCCC. The molecule has 0 saturated carbocycles. The number of ether oxygens (including phenoxy) is 1. The van der Waals surface area contributed by atoms with E-state index in [0.29, 0.717) is 19.6 Å². The van der Waals surface area contributed by atoms with Gasteiger partial charge in [-0.3, -0.25) is 0 Å². The van der Waals surface area contributed by atoms with Crippen LogP contribution in [0.2, 0.25) is 0 Å². The van der Waals surface area contributed by atoms with Gasteiger partial charge in [0.05, 0.1) is 12.7 Å². The average Bonchev–Trinajstić information content (AvgIpc) is 2.31. The molecule has 0 aromatic heterocycles. The summed E-state index contributed by atoms with van der Waals surface area (Å²) in [6.07, 6.45) is 10.2. The van der Waals surface area contributed by atoms with Gasteiger partial charge in [0.1, 0.15) is 0 Å². The van der Waals surface area contributed by atoms with Crippen LogP contribution in [0.15, 0.2) is 0 Å². The van der Waals surface area contributed by atoms with E-state index in [-0.39, 0.29) is 6.04 Å². The summed E-state index contributed by atoms with van der Waals surface area (Å²) in [6.45, 7) is 5.89. The van der Waals surface area contributed by atoms with E-state index in [1.54, 1.807) is 0 Å². The molecule has 0 aromatic carbocycles. The van der Waals surface area contributed by atoms with Crippen LogP contribution in [0.1, 0.15) is 46.0 Å². The summed E-state index contributed by atoms with van der Waals surface area (Å²) in [6, 6.07) is 0.249. The van der Waals surface area contributed by atoms with Gasteiger partial charge in [-0.1, -0.05) is 26.2 Å². The van der Waals surface area contributed by atoms with E-state index in [4.69, 9.17) is 11.2 Å². The molecule has 3 heteroatoms. The number of aliphatic hydroxyl groups excluding tert-OH is 1. The predicted molar refractivity (Wildman–Crippen MR) is 71.9 cm³/mol. The van der Waals surface area contributed by atoms with Gasteiger partial charge in [0.15, 0.2) is 0 Å². The zero-order chi connectivity index (χ0) is 12.9. The molecule has 0 aliphatic heterocycles. The molecule has 0 radical (unpaired) electrons. The molecule has 0 spiro atoms. The van der Waals surface area contributed by atoms with Crippen LogP contribution in [0.4, 0.5) is 0 Å². The topological polar surface area (TPSA) is 41.5 Å². The van der Waals surface area contributed by atoms with Crippen LogP contribution in [0.5, 0.6) is 0 Å². The number of unbranched alkanes of at least 4 members (excludes halogenated alkanes) is 3. The van der Waals surface area contributed by atoms with Crippen molar-refractivity contribution in [3.63, 3.8) is 0 Å². The fraction of sp³-hybridized carbons (Fsp3) is 0.857. The molecule has 17 heavy (non-hydrogen) atoms. The monoisotopic (exact) mass is 241 g/mol. The molecule has 0 aromatic rings. The van der Waals surface area contributed by atoms with Crippen molar-refractivity contribution in [1.82, 2.24) is 5.32 Å². The van der Waals surface area contributed by atoms with Crippen molar-refractivity contribution in [2.45, 2.75) is 58.1 Å². The third-order valence-electron chi connectivity index (χ3n) is 2.58. The van der Waals surface area contributed by atoms with E-state index >= 15 is 0 Å². The Labute approximate surface area is 106 Å². The quantitative estimate of drug-likeness (QED) is 0.429. The highest BCUT2D eigenvalue weighted by Crippen LogP contribution is 1.99. The molecular weight excluding hydrogens is 214 g/mol. The summed E-state index contributed by atoms with van der Waals surface area (Å²) in [5.41, 5.74) is 0. The molecule has 0 heterocycles. The van der Waals surface area contributed by atoms with Crippen molar-refractivity contribution in [2.24, 2.45) is 0 Å². The third-order valence-corrected chi connectivity index (χ3v) is 2.58. The minimum atomic E-state index is -0.443. The molecule has 0 rings (SSSR count). The van der Waals surface area contributed by atoms with Gasteiger partial charge in [0.2, 0.25) is 0 Å². The zero-order valence-electron chi connectivity index (χ0n) is 11.2. The van der Waals surface area contributed by atoms with Crippen molar-refractivity contribution in [2.75, 3.05) is 19.8 Å². The zero-order valence-corrected chi connectivity index (χ0v) is 11.2. The van der Waals surface area contributed by atoms with Crippen LogP contribution >= 0.6 is 0 Å². The summed E-state index contributed by atoms with van der Waals surface area (Å²) in [5.74, 6) is 2.59. The first kappa shape index (κ1) is 16.4. The number of hydrogen-bond acceptors (Lipinski definition) is 3. The maximum atomic E-state index is 9.63. The number of nitrogens with one attached hydrogen (secondary N) is 1. The van der Waals surface area contributed by atoms with Crippen molar-refractivity contribution in [3.05, 3.63) is 0 Å². The van der Waals surface area contributed by atoms with Gasteiger partial charge < -0.3 is 15.2 Å². The number of hydrogen-bond donors (Lipinski definition) is 2. The maximum absolute atomic E-state index is 9.63. The highest BCUT2D eigenvalue weighted by atomic mass is 16.5. The molecule has 2 atom stereocenters. The molecule has 0 aliphatic carbocycles. The Morgan fingerprint density at radius 1 is 1.35 bits per heavy atom. The predicted octanol–water partition coefficient (Wildman–Crippen LogP) is 1.95. The van der Waals surface area contributed by atoms with E-state index in [1.807, 2.05) is 6.92 Å². The smallest absolute Gasteiger partial charge is 0.0897 e. The van der Waals surface area contributed by atoms with Gasteiger partial charge in [0, 0.05) is 25.6 Å². The van der Waals surface area contributed by atoms with Gasteiger partial charge in [-0.2, -0.15) is 0 Å². The van der Waals surface area contributed by atoms with Crippen molar-refractivity contribution < 1.29 is 9.84 Å². The Bertz CT molecular complexity index is 201. The fourth-order valence-electron chi connectivity index (χ4n) is 1.50. The second kappa shape index (κ2) is 11.9. The second-order valence-corrected chi connectivity index (χ2v) is 4.51. The van der Waals surface area contributed by atoms with Gasteiger partial charge >= 0.3 is 0 Å². The molecule has 100 valence electrons. The average molecular weight is 241 g/mol. The van der Waals surface area contributed by atoms with Crippen LogP contribution < -0.4 is 5.32 Å². The molecule has 2 unspecified atom stereocenters. The van der Waals surface area contributed by atoms with E-state index in [2.05, 4.69) is 18.2 Å². The lowest BCUT2D eigenvalue weighted by Gasteiger charge is -2.15. The van der Waals surface area contributed by atoms with Gasteiger partial charge in [-0.15, -0.1) is 12.3 Å². The molecule has 0 fully saturated rings. The first-order valence-corrected chi connectivity index (χ1v) is 6.63. The number of aliphatic hydroxyl groups is 1. The van der Waals surface area contributed by atoms with Crippen LogP contribution in [-0.4, -0.2) is 37.0 Å². The molecule has 0 aliphatic rings. The van der Waals surface area contributed by atoms with Gasteiger partial charge in [0.25, 0.3) is 0 Å². The summed E-state index contributed by atoms with van der Waals surface area (Å²) < 4.78 is 5.40. The minimum absolute atomic E-state index is 0.249. The summed E-state index contributed by atoms with van der Waals surface area (Å²) in [4.78, 5) is 0. The lowest BCUT2D eigenvalue weighted by molar-refractivity contribution is 0.0344. The van der Waals surface area contributed by atoms with E-state index < -0.39 is 6.10 Å². The summed E-state index contributed by atoms with van der Waals surface area (Å²) >= 11 is 0. The molecule has 0 amide bonds. The minimum Gasteiger partial charge on any atom is -0.389 e.